The van der Waals surface area contributed by atoms with Crippen molar-refractivity contribution in [2.75, 3.05) is 10.6 Å². The van der Waals surface area contributed by atoms with Gasteiger partial charge in [-0.3, -0.25) is 9.59 Å². The van der Waals surface area contributed by atoms with Gasteiger partial charge in [0.25, 0.3) is 11.8 Å². The third-order valence-electron chi connectivity index (χ3n) is 3.76. The van der Waals surface area contributed by atoms with Gasteiger partial charge >= 0.3 is 0 Å². The van der Waals surface area contributed by atoms with E-state index in [0.29, 0.717) is 31.8 Å². The minimum absolute atomic E-state index is 0.120. The van der Waals surface area contributed by atoms with Crippen LogP contribution in [0, 0.1) is 13.8 Å². The number of thiophene rings is 1. The number of hydrogen-bond donors (Lipinski definition) is 4. The Labute approximate surface area is 157 Å². The number of benzene rings is 1. The molecule has 134 valence electrons. The number of phenolic OH excluding ortho intramolecular Hbond substituents is 1. The first kappa shape index (κ1) is 17.9. The second-order valence-corrected chi connectivity index (χ2v) is 7.48. The Hall–Kier alpha value is -2.91. The van der Waals surface area contributed by atoms with Crippen LogP contribution < -0.4 is 16.4 Å². The van der Waals surface area contributed by atoms with Crippen molar-refractivity contribution >= 4 is 50.3 Å². The van der Waals surface area contributed by atoms with Gasteiger partial charge in [0.1, 0.15) is 15.6 Å². The van der Waals surface area contributed by atoms with E-state index in [1.54, 1.807) is 30.5 Å². The van der Waals surface area contributed by atoms with Crippen molar-refractivity contribution in [3.63, 3.8) is 0 Å². The fraction of sp³-hybridized carbons (Fsp3) is 0.118. The van der Waals surface area contributed by atoms with E-state index in [1.807, 2.05) is 6.92 Å². The summed E-state index contributed by atoms with van der Waals surface area (Å²) >= 11 is 2.48. The first-order valence-corrected chi connectivity index (χ1v) is 9.27. The zero-order valence-corrected chi connectivity index (χ0v) is 15.6. The summed E-state index contributed by atoms with van der Waals surface area (Å²) in [5.41, 5.74) is 7.72. The van der Waals surface area contributed by atoms with E-state index in [9.17, 15) is 14.7 Å². The third kappa shape index (κ3) is 3.53. The topological polar surface area (TPSA) is 117 Å². The summed E-state index contributed by atoms with van der Waals surface area (Å²) < 4.78 is 0. The Morgan fingerprint density at radius 2 is 2.00 bits per heavy atom. The van der Waals surface area contributed by atoms with Gasteiger partial charge in [0.05, 0.1) is 17.4 Å². The first-order chi connectivity index (χ1) is 12.4. The summed E-state index contributed by atoms with van der Waals surface area (Å²) in [5.74, 6) is -0.735. The smallest absolute Gasteiger partial charge is 0.267 e. The molecule has 2 aromatic heterocycles. The molecule has 0 atom stereocenters. The highest BCUT2D eigenvalue weighted by Gasteiger charge is 2.16. The molecule has 5 N–H and O–H groups in total. The molecule has 1 aromatic carbocycles. The standard InChI is InChI=1S/C17H16N4O3S2/c1-8-3-4-11(22)9(2)13(8)20-15(24)12-7-19-17(26-12)21-16-10(14(18)23)5-6-25-16/h3-7,22H,1-2H3,(H2,18,23)(H,19,21)(H,20,24). The van der Waals surface area contributed by atoms with Gasteiger partial charge in [-0.1, -0.05) is 17.4 Å². The number of aromatic hydroxyl groups is 1. The van der Waals surface area contributed by atoms with Gasteiger partial charge in [-0.15, -0.1) is 11.3 Å². The first-order valence-electron chi connectivity index (χ1n) is 7.57. The molecule has 9 heteroatoms. The van der Waals surface area contributed by atoms with Crippen LogP contribution in [0.2, 0.25) is 0 Å². The zero-order chi connectivity index (χ0) is 18.8. The van der Waals surface area contributed by atoms with Crippen LogP contribution in [0.1, 0.15) is 31.2 Å². The number of aromatic nitrogens is 1. The highest BCUT2D eigenvalue weighted by Crippen LogP contribution is 2.31. The van der Waals surface area contributed by atoms with Crippen LogP contribution >= 0.6 is 22.7 Å². The molecular formula is C17H16N4O3S2. The van der Waals surface area contributed by atoms with Crippen molar-refractivity contribution in [3.8, 4) is 5.75 Å². The van der Waals surface area contributed by atoms with E-state index in [0.717, 1.165) is 16.9 Å². The number of nitrogens with two attached hydrogens (primary N) is 1. The average Bonchev–Trinajstić information content (AvgIpc) is 3.25. The summed E-state index contributed by atoms with van der Waals surface area (Å²) in [7, 11) is 0. The second kappa shape index (κ2) is 7.14. The minimum atomic E-state index is -0.530. The Balaban J connectivity index is 1.78. The number of nitrogens with one attached hydrogen (secondary N) is 2. The highest BCUT2D eigenvalue weighted by molar-refractivity contribution is 7.18. The van der Waals surface area contributed by atoms with Crippen molar-refractivity contribution in [2.24, 2.45) is 5.73 Å². The predicted octanol–water partition coefficient (Wildman–Crippen LogP) is 3.62. The number of carbonyl (C=O) groups excluding carboxylic acids is 2. The summed E-state index contributed by atoms with van der Waals surface area (Å²) in [6.45, 7) is 3.59. The van der Waals surface area contributed by atoms with Gasteiger partial charge in [0.15, 0.2) is 5.13 Å². The number of primary amides is 1. The number of carbonyl (C=O) groups is 2. The molecular weight excluding hydrogens is 372 g/mol. The van der Waals surface area contributed by atoms with E-state index in [4.69, 9.17) is 5.73 Å². The highest BCUT2D eigenvalue weighted by atomic mass is 32.1. The van der Waals surface area contributed by atoms with Gasteiger partial charge in [0, 0.05) is 5.56 Å². The van der Waals surface area contributed by atoms with Crippen LogP contribution in [0.4, 0.5) is 15.8 Å². The van der Waals surface area contributed by atoms with Crippen molar-refractivity contribution in [3.05, 3.63) is 51.3 Å². The van der Waals surface area contributed by atoms with Gasteiger partial charge < -0.3 is 21.5 Å². The molecule has 0 aliphatic rings. The maximum atomic E-state index is 12.5. The number of aryl methyl sites for hydroxylation is 1. The number of phenols is 1. The number of rotatable bonds is 5. The zero-order valence-electron chi connectivity index (χ0n) is 14.0. The summed E-state index contributed by atoms with van der Waals surface area (Å²) in [6, 6.07) is 4.95. The van der Waals surface area contributed by atoms with Gasteiger partial charge in [-0.05, 0) is 36.9 Å². The predicted molar refractivity (Wildman–Crippen MR) is 104 cm³/mol. The van der Waals surface area contributed by atoms with Crippen molar-refractivity contribution in [2.45, 2.75) is 13.8 Å². The van der Waals surface area contributed by atoms with Crippen LogP contribution in [0.3, 0.4) is 0 Å². The molecule has 7 nitrogen and oxygen atoms in total. The van der Waals surface area contributed by atoms with Crippen LogP contribution in [0.5, 0.6) is 5.75 Å². The lowest BCUT2D eigenvalue weighted by Gasteiger charge is -2.11. The fourth-order valence-electron chi connectivity index (χ4n) is 2.34. The molecule has 0 unspecified atom stereocenters. The Bertz CT molecular complexity index is 994. The molecule has 0 aliphatic carbocycles. The third-order valence-corrected chi connectivity index (χ3v) is 5.51. The maximum absolute atomic E-state index is 12.5. The molecule has 0 fully saturated rings. The van der Waals surface area contributed by atoms with Crippen LogP contribution in [-0.4, -0.2) is 21.9 Å². The number of nitrogens with zero attached hydrogens (tertiary/aromatic N) is 1. The van der Waals surface area contributed by atoms with Crippen molar-refractivity contribution in [1.29, 1.82) is 0 Å². The van der Waals surface area contributed by atoms with Gasteiger partial charge in [-0.2, -0.15) is 0 Å². The van der Waals surface area contributed by atoms with E-state index in [2.05, 4.69) is 15.6 Å². The molecule has 2 amide bonds. The molecule has 3 aromatic rings. The quantitative estimate of drug-likeness (QED) is 0.532. The second-order valence-electron chi connectivity index (χ2n) is 5.54. The molecule has 26 heavy (non-hydrogen) atoms. The molecule has 0 saturated heterocycles. The number of hydrogen-bond acceptors (Lipinski definition) is 7. The molecule has 0 spiro atoms. The lowest BCUT2D eigenvalue weighted by Crippen LogP contribution is -2.12. The van der Waals surface area contributed by atoms with Crippen LogP contribution in [0.15, 0.2) is 29.8 Å². The lowest BCUT2D eigenvalue weighted by molar-refractivity contribution is 0.0999. The summed E-state index contributed by atoms with van der Waals surface area (Å²) in [5, 5.41) is 18.4. The fourth-order valence-corrected chi connectivity index (χ4v) is 3.91. The Kier molecular flexibility index (Phi) is 4.92. The molecule has 0 bridgehead atoms. The molecule has 0 radical (unpaired) electrons. The summed E-state index contributed by atoms with van der Waals surface area (Å²) in [6.07, 6.45) is 1.45. The van der Waals surface area contributed by atoms with Gasteiger partial charge in [-0.25, -0.2) is 4.98 Å². The lowest BCUT2D eigenvalue weighted by atomic mass is 10.1. The van der Waals surface area contributed by atoms with E-state index in [1.165, 1.54) is 17.5 Å². The number of anilines is 3. The molecule has 0 aliphatic heterocycles. The normalized spacial score (nSPS) is 10.5. The van der Waals surface area contributed by atoms with E-state index < -0.39 is 5.91 Å². The summed E-state index contributed by atoms with van der Waals surface area (Å²) in [4.78, 5) is 28.4. The largest absolute Gasteiger partial charge is 0.508 e. The number of amides is 2. The van der Waals surface area contributed by atoms with Crippen LogP contribution in [-0.2, 0) is 0 Å². The van der Waals surface area contributed by atoms with Crippen LogP contribution in [0.25, 0.3) is 0 Å². The monoisotopic (exact) mass is 388 g/mol. The minimum Gasteiger partial charge on any atom is -0.508 e. The maximum Gasteiger partial charge on any atom is 0.267 e. The van der Waals surface area contributed by atoms with Crippen molar-refractivity contribution < 1.29 is 14.7 Å². The number of thiazole rings is 1. The molecule has 2 heterocycles. The molecule has 0 saturated carbocycles. The SMILES string of the molecule is Cc1ccc(O)c(C)c1NC(=O)c1cnc(Nc2sccc2C(N)=O)s1. The van der Waals surface area contributed by atoms with Crippen molar-refractivity contribution in [1.82, 2.24) is 4.98 Å². The Morgan fingerprint density at radius 1 is 1.23 bits per heavy atom. The molecule has 3 rings (SSSR count). The average molecular weight is 388 g/mol. The van der Waals surface area contributed by atoms with E-state index in [-0.39, 0.29) is 11.7 Å². The Morgan fingerprint density at radius 3 is 2.73 bits per heavy atom. The van der Waals surface area contributed by atoms with Gasteiger partial charge in [0.2, 0.25) is 0 Å². The van der Waals surface area contributed by atoms with E-state index >= 15 is 0 Å².